The van der Waals surface area contributed by atoms with Crippen molar-refractivity contribution in [3.05, 3.63) is 47.8 Å². The molecule has 2 fully saturated rings. The Bertz CT molecular complexity index is 900. The minimum Gasteiger partial charge on any atom is -0.358 e. The second-order valence-electron chi connectivity index (χ2n) is 7.73. The van der Waals surface area contributed by atoms with E-state index in [0.29, 0.717) is 31.3 Å². The minimum atomic E-state index is -0.294. The predicted molar refractivity (Wildman–Crippen MR) is 111 cm³/mol. The lowest BCUT2D eigenvalue weighted by atomic mass is 10.1. The second kappa shape index (κ2) is 8.06. The van der Waals surface area contributed by atoms with Crippen molar-refractivity contribution in [2.45, 2.75) is 25.9 Å². The van der Waals surface area contributed by atoms with E-state index >= 15 is 0 Å². The van der Waals surface area contributed by atoms with Crippen molar-refractivity contribution < 1.29 is 9.59 Å². The molecule has 2 saturated heterocycles. The van der Waals surface area contributed by atoms with E-state index < -0.39 is 0 Å². The zero-order valence-electron chi connectivity index (χ0n) is 16.8. The van der Waals surface area contributed by atoms with Gasteiger partial charge in [-0.25, -0.2) is 9.97 Å². The van der Waals surface area contributed by atoms with Crippen LogP contribution in [0.1, 0.15) is 17.5 Å². The van der Waals surface area contributed by atoms with Crippen LogP contribution in [0.25, 0.3) is 0 Å². The molecule has 0 radical (unpaired) electrons. The molecule has 2 amide bonds. The molecule has 2 aliphatic heterocycles. The van der Waals surface area contributed by atoms with Gasteiger partial charge in [0.05, 0.1) is 6.54 Å². The number of nitrogens with one attached hydrogen (secondary N) is 1. The highest BCUT2D eigenvalue weighted by Gasteiger charge is 2.32. The van der Waals surface area contributed by atoms with Gasteiger partial charge in [-0.1, -0.05) is 29.8 Å². The number of nitrogens with zero attached hydrogens (tertiary/aromatic N) is 5. The normalized spacial score (nSPS) is 19.8. The summed E-state index contributed by atoms with van der Waals surface area (Å²) in [5.74, 6) is 1.46. The number of carbonyl (C=O) groups is 2. The molecule has 1 atom stereocenters. The van der Waals surface area contributed by atoms with Gasteiger partial charge in [-0.3, -0.25) is 9.59 Å². The predicted octanol–water partition coefficient (Wildman–Crippen LogP) is 1.28. The maximum Gasteiger partial charge on any atom is 0.245 e. The van der Waals surface area contributed by atoms with E-state index in [9.17, 15) is 9.59 Å². The number of likely N-dealkylation sites (tertiary alicyclic amines) is 1. The molecule has 8 nitrogen and oxygen atoms in total. The molecule has 2 aromatic rings. The molecular weight excluding hydrogens is 368 g/mol. The Balaban J connectivity index is 1.39. The molecule has 1 unspecified atom stereocenters. The van der Waals surface area contributed by atoms with E-state index in [-0.39, 0.29) is 17.9 Å². The summed E-state index contributed by atoms with van der Waals surface area (Å²) in [7, 11) is 1.81. The Morgan fingerprint density at radius 2 is 1.90 bits per heavy atom. The number of hydrogen-bond acceptors (Lipinski definition) is 6. The number of hydrogen-bond donors (Lipinski definition) is 1. The number of rotatable bonds is 5. The number of carbonyl (C=O) groups excluding carboxylic acids is 2. The first kappa shape index (κ1) is 19.2. The van der Waals surface area contributed by atoms with E-state index in [4.69, 9.17) is 0 Å². The zero-order valence-corrected chi connectivity index (χ0v) is 16.8. The van der Waals surface area contributed by atoms with Gasteiger partial charge in [0.1, 0.15) is 24.0 Å². The minimum absolute atomic E-state index is 0.0714. The number of aryl methyl sites for hydroxylation is 1. The van der Waals surface area contributed by atoms with Crippen molar-refractivity contribution >= 4 is 23.5 Å². The molecular formula is C21H26N6O2. The molecule has 3 heterocycles. The van der Waals surface area contributed by atoms with Crippen LogP contribution in [0.2, 0.25) is 0 Å². The smallest absolute Gasteiger partial charge is 0.245 e. The molecule has 0 bridgehead atoms. The van der Waals surface area contributed by atoms with Gasteiger partial charge < -0.3 is 20.0 Å². The fourth-order valence-corrected chi connectivity index (χ4v) is 3.68. The van der Waals surface area contributed by atoms with Gasteiger partial charge in [0, 0.05) is 39.3 Å². The van der Waals surface area contributed by atoms with Crippen LogP contribution in [0.3, 0.4) is 0 Å². The topological polar surface area (TPSA) is 81.7 Å². The average molecular weight is 394 g/mol. The van der Waals surface area contributed by atoms with Crippen molar-refractivity contribution in [1.82, 2.24) is 19.8 Å². The van der Waals surface area contributed by atoms with Crippen LogP contribution in [0.15, 0.2) is 36.7 Å². The Labute approximate surface area is 170 Å². The Hall–Kier alpha value is -3.16. The summed E-state index contributed by atoms with van der Waals surface area (Å²) in [5, 5.41) is 3.25. The molecule has 0 saturated carbocycles. The molecule has 8 heteroatoms. The summed E-state index contributed by atoms with van der Waals surface area (Å²) in [6.45, 7) is 5.09. The van der Waals surface area contributed by atoms with Crippen molar-refractivity contribution in [2.24, 2.45) is 0 Å². The SMILES string of the molecule is Cc1ccc(CN2CCC(Nc3cc(N4CCN(C)C(=O)C4)ncn3)C2=O)cc1. The number of amides is 2. The molecule has 152 valence electrons. The molecule has 0 aliphatic carbocycles. The largest absolute Gasteiger partial charge is 0.358 e. The first-order valence-corrected chi connectivity index (χ1v) is 9.91. The number of anilines is 2. The van der Waals surface area contributed by atoms with E-state index in [1.54, 1.807) is 11.9 Å². The zero-order chi connectivity index (χ0) is 20.4. The summed E-state index contributed by atoms with van der Waals surface area (Å²) in [6.07, 6.45) is 2.21. The van der Waals surface area contributed by atoms with Gasteiger partial charge >= 0.3 is 0 Å². The van der Waals surface area contributed by atoms with Gasteiger partial charge in [0.2, 0.25) is 11.8 Å². The molecule has 2 aliphatic rings. The van der Waals surface area contributed by atoms with E-state index in [2.05, 4.69) is 46.5 Å². The van der Waals surface area contributed by atoms with Crippen LogP contribution in [0, 0.1) is 6.92 Å². The number of piperazine rings is 1. The Morgan fingerprint density at radius 3 is 2.66 bits per heavy atom. The number of aromatic nitrogens is 2. The van der Waals surface area contributed by atoms with Gasteiger partial charge in [-0.2, -0.15) is 0 Å². The Kier molecular flexibility index (Phi) is 5.33. The quantitative estimate of drug-likeness (QED) is 0.823. The highest BCUT2D eigenvalue weighted by atomic mass is 16.2. The maximum absolute atomic E-state index is 12.8. The molecule has 1 aromatic heterocycles. The first-order valence-electron chi connectivity index (χ1n) is 9.91. The lowest BCUT2D eigenvalue weighted by Crippen LogP contribution is -2.48. The first-order chi connectivity index (χ1) is 14.0. The molecule has 1 aromatic carbocycles. The monoisotopic (exact) mass is 394 g/mol. The van der Waals surface area contributed by atoms with Crippen molar-refractivity contribution in [1.29, 1.82) is 0 Å². The van der Waals surface area contributed by atoms with Crippen LogP contribution >= 0.6 is 0 Å². The van der Waals surface area contributed by atoms with Crippen molar-refractivity contribution in [3.8, 4) is 0 Å². The summed E-state index contributed by atoms with van der Waals surface area (Å²) >= 11 is 0. The van der Waals surface area contributed by atoms with E-state index in [0.717, 1.165) is 25.1 Å². The average Bonchev–Trinajstić information content (AvgIpc) is 3.05. The fourth-order valence-electron chi connectivity index (χ4n) is 3.68. The summed E-state index contributed by atoms with van der Waals surface area (Å²) < 4.78 is 0. The third kappa shape index (κ3) is 4.31. The fraction of sp³-hybridized carbons (Fsp3) is 0.429. The number of likely N-dealkylation sites (N-methyl/N-ethyl adjacent to an activating group) is 1. The third-order valence-electron chi connectivity index (χ3n) is 5.55. The third-order valence-corrected chi connectivity index (χ3v) is 5.55. The maximum atomic E-state index is 12.8. The van der Waals surface area contributed by atoms with Crippen LogP contribution in [-0.4, -0.2) is 70.9 Å². The van der Waals surface area contributed by atoms with Gasteiger partial charge in [-0.15, -0.1) is 0 Å². The Morgan fingerprint density at radius 1 is 1.10 bits per heavy atom. The lowest BCUT2D eigenvalue weighted by Gasteiger charge is -2.32. The lowest BCUT2D eigenvalue weighted by molar-refractivity contribution is -0.130. The molecule has 4 rings (SSSR count). The van der Waals surface area contributed by atoms with Crippen molar-refractivity contribution in [2.75, 3.05) is 43.4 Å². The standard InChI is InChI=1S/C21H26N6O2/c1-15-3-5-16(6-4-15)12-27-8-7-17(21(27)29)24-18-11-19(23-14-22-18)26-10-9-25(2)20(28)13-26/h3-6,11,14,17H,7-10,12-13H2,1-2H3,(H,22,23,24). The van der Waals surface area contributed by atoms with E-state index in [1.165, 1.54) is 11.9 Å². The summed E-state index contributed by atoms with van der Waals surface area (Å²) in [5.41, 5.74) is 2.34. The number of benzene rings is 1. The van der Waals surface area contributed by atoms with Crippen LogP contribution in [-0.2, 0) is 16.1 Å². The van der Waals surface area contributed by atoms with E-state index in [1.807, 2.05) is 15.9 Å². The van der Waals surface area contributed by atoms with Gasteiger partial charge in [0.15, 0.2) is 0 Å². The highest BCUT2D eigenvalue weighted by molar-refractivity contribution is 5.86. The van der Waals surface area contributed by atoms with Crippen molar-refractivity contribution in [3.63, 3.8) is 0 Å². The van der Waals surface area contributed by atoms with Gasteiger partial charge in [0.25, 0.3) is 0 Å². The van der Waals surface area contributed by atoms with Crippen LogP contribution < -0.4 is 10.2 Å². The summed E-state index contributed by atoms with van der Waals surface area (Å²) in [4.78, 5) is 38.9. The highest BCUT2D eigenvalue weighted by Crippen LogP contribution is 2.21. The molecule has 0 spiro atoms. The van der Waals surface area contributed by atoms with Crippen LogP contribution in [0.5, 0.6) is 0 Å². The van der Waals surface area contributed by atoms with Crippen LogP contribution in [0.4, 0.5) is 11.6 Å². The molecule has 29 heavy (non-hydrogen) atoms. The summed E-state index contributed by atoms with van der Waals surface area (Å²) in [6, 6.07) is 9.79. The molecule has 1 N–H and O–H groups in total. The second-order valence-corrected chi connectivity index (χ2v) is 7.73. The van der Waals surface area contributed by atoms with Gasteiger partial charge in [-0.05, 0) is 18.9 Å².